The van der Waals surface area contributed by atoms with Crippen LogP contribution in [0.1, 0.15) is 25.0 Å². The lowest BCUT2D eigenvalue weighted by molar-refractivity contribution is 0.0780. The Bertz CT molecular complexity index is 318. The van der Waals surface area contributed by atoms with Crippen LogP contribution in [0, 0.1) is 0 Å². The fraction of sp³-hybridized carbons (Fsp3) is 0.750. The molecule has 4 heteroatoms. The quantitative estimate of drug-likeness (QED) is 0.813. The van der Waals surface area contributed by atoms with Crippen LogP contribution in [0.4, 0.5) is 0 Å². The summed E-state index contributed by atoms with van der Waals surface area (Å²) in [6, 6.07) is 2.56. The molecule has 0 aromatic carbocycles. The smallest absolute Gasteiger partial charge is 0.0728 e. The molecule has 2 unspecified atom stereocenters. The van der Waals surface area contributed by atoms with E-state index in [0.29, 0.717) is 12.1 Å². The van der Waals surface area contributed by atoms with E-state index in [9.17, 15) is 0 Å². The van der Waals surface area contributed by atoms with E-state index in [1.165, 1.54) is 18.5 Å². The van der Waals surface area contributed by atoms with E-state index in [2.05, 4.69) is 16.5 Å². The van der Waals surface area contributed by atoms with Crippen LogP contribution < -0.4 is 5.32 Å². The second-order valence-electron chi connectivity index (χ2n) is 4.43. The molecule has 0 saturated carbocycles. The number of nitrogens with one attached hydrogen (secondary N) is 1. The van der Waals surface area contributed by atoms with E-state index in [4.69, 9.17) is 4.74 Å². The van der Waals surface area contributed by atoms with Crippen LogP contribution in [0.2, 0.25) is 0 Å². The lowest BCUT2D eigenvalue weighted by Gasteiger charge is -2.22. The molecule has 2 atom stereocenters. The molecule has 1 aliphatic heterocycles. The van der Waals surface area contributed by atoms with Gasteiger partial charge in [-0.25, -0.2) is 0 Å². The van der Waals surface area contributed by atoms with Crippen LogP contribution in [-0.4, -0.2) is 35.6 Å². The third-order valence-corrected chi connectivity index (χ3v) is 3.42. The lowest BCUT2D eigenvalue weighted by atomic mass is 10.0. The molecule has 1 aliphatic rings. The second-order valence-corrected chi connectivity index (χ2v) is 4.43. The summed E-state index contributed by atoms with van der Waals surface area (Å²) in [6.07, 6.45) is 6.82. The summed E-state index contributed by atoms with van der Waals surface area (Å²) in [7, 11) is 4.02. The zero-order valence-corrected chi connectivity index (χ0v) is 10.1. The predicted octanol–water partition coefficient (Wildman–Crippen LogP) is 1.12. The largest absolute Gasteiger partial charge is 0.377 e. The third kappa shape index (κ3) is 2.62. The van der Waals surface area contributed by atoms with Crippen molar-refractivity contribution in [3.05, 3.63) is 18.0 Å². The molecular formula is C12H21N3O. The summed E-state index contributed by atoms with van der Waals surface area (Å²) < 4.78 is 7.67. The van der Waals surface area contributed by atoms with Gasteiger partial charge in [-0.05, 0) is 38.8 Å². The van der Waals surface area contributed by atoms with Gasteiger partial charge >= 0.3 is 0 Å². The van der Waals surface area contributed by atoms with Crippen LogP contribution >= 0.6 is 0 Å². The van der Waals surface area contributed by atoms with Gasteiger partial charge in [0, 0.05) is 31.6 Å². The molecule has 90 valence electrons. The molecular weight excluding hydrogens is 202 g/mol. The van der Waals surface area contributed by atoms with Crippen LogP contribution in [0.5, 0.6) is 0 Å². The normalized spacial score (nSPS) is 22.5. The van der Waals surface area contributed by atoms with Crippen LogP contribution in [0.25, 0.3) is 0 Å². The van der Waals surface area contributed by atoms with Gasteiger partial charge in [0.25, 0.3) is 0 Å². The molecule has 1 aromatic rings. The van der Waals surface area contributed by atoms with Crippen LogP contribution in [0.15, 0.2) is 12.3 Å². The highest BCUT2D eigenvalue weighted by Gasteiger charge is 2.24. The first-order valence-corrected chi connectivity index (χ1v) is 6.07. The maximum absolute atomic E-state index is 5.72. The fourth-order valence-corrected chi connectivity index (χ4v) is 2.39. The van der Waals surface area contributed by atoms with E-state index in [0.717, 1.165) is 19.4 Å². The van der Waals surface area contributed by atoms with Gasteiger partial charge in [-0.2, -0.15) is 5.10 Å². The summed E-state index contributed by atoms with van der Waals surface area (Å²) in [4.78, 5) is 0. The number of aromatic nitrogens is 2. The zero-order chi connectivity index (χ0) is 11.4. The van der Waals surface area contributed by atoms with Crippen molar-refractivity contribution >= 4 is 0 Å². The van der Waals surface area contributed by atoms with Gasteiger partial charge in [-0.1, -0.05) is 0 Å². The Labute approximate surface area is 97.0 Å². The lowest BCUT2D eigenvalue weighted by Crippen LogP contribution is -2.37. The van der Waals surface area contributed by atoms with E-state index in [1.807, 2.05) is 25.0 Å². The van der Waals surface area contributed by atoms with Crippen LogP contribution in [0.3, 0.4) is 0 Å². The summed E-state index contributed by atoms with van der Waals surface area (Å²) in [5, 5.41) is 7.55. The predicted molar refractivity (Wildman–Crippen MR) is 63.4 cm³/mol. The molecule has 2 heterocycles. The van der Waals surface area contributed by atoms with E-state index >= 15 is 0 Å². The number of nitrogens with zero attached hydrogens (tertiary/aromatic N) is 2. The topological polar surface area (TPSA) is 39.1 Å². The van der Waals surface area contributed by atoms with Crippen molar-refractivity contribution in [1.82, 2.24) is 15.1 Å². The molecule has 0 aliphatic carbocycles. The fourth-order valence-electron chi connectivity index (χ4n) is 2.39. The number of hydrogen-bond acceptors (Lipinski definition) is 3. The molecule has 1 N–H and O–H groups in total. The summed E-state index contributed by atoms with van der Waals surface area (Å²) in [5.41, 5.74) is 1.29. The maximum atomic E-state index is 5.72. The molecule has 16 heavy (non-hydrogen) atoms. The van der Waals surface area contributed by atoms with Crippen molar-refractivity contribution < 1.29 is 4.74 Å². The van der Waals surface area contributed by atoms with Gasteiger partial charge in [0.1, 0.15) is 0 Å². The van der Waals surface area contributed by atoms with Gasteiger partial charge in [0.05, 0.1) is 6.10 Å². The number of hydrogen-bond donors (Lipinski definition) is 1. The number of aryl methyl sites for hydroxylation is 2. The third-order valence-electron chi connectivity index (χ3n) is 3.42. The van der Waals surface area contributed by atoms with E-state index < -0.39 is 0 Å². The summed E-state index contributed by atoms with van der Waals surface area (Å²) in [6.45, 7) is 0.925. The van der Waals surface area contributed by atoms with Gasteiger partial charge in [0.2, 0.25) is 0 Å². The highest BCUT2D eigenvalue weighted by Crippen LogP contribution is 2.18. The molecule has 0 amide bonds. The first kappa shape index (κ1) is 11.6. The molecule has 4 nitrogen and oxygen atoms in total. The van der Waals surface area contributed by atoms with Crippen molar-refractivity contribution in [2.24, 2.45) is 7.05 Å². The second kappa shape index (κ2) is 5.46. The first-order valence-electron chi connectivity index (χ1n) is 6.07. The van der Waals surface area contributed by atoms with E-state index in [-0.39, 0.29) is 0 Å². The highest BCUT2D eigenvalue weighted by molar-refractivity contribution is 5.00. The average Bonchev–Trinajstić information content (AvgIpc) is 2.92. The maximum Gasteiger partial charge on any atom is 0.0728 e. The highest BCUT2D eigenvalue weighted by atomic mass is 16.5. The SMILES string of the molecule is CNC(CCc1ccnn1C)C1CCCO1. The average molecular weight is 223 g/mol. The Morgan fingerprint density at radius 1 is 1.69 bits per heavy atom. The van der Waals surface area contributed by atoms with Gasteiger partial charge in [-0.15, -0.1) is 0 Å². The number of rotatable bonds is 5. The van der Waals surface area contributed by atoms with Crippen molar-refractivity contribution in [2.75, 3.05) is 13.7 Å². The molecule has 1 saturated heterocycles. The zero-order valence-electron chi connectivity index (χ0n) is 10.1. The standard InChI is InChI=1S/C12H21N3O/c1-13-11(12-4-3-9-16-12)6-5-10-7-8-14-15(10)2/h7-8,11-13H,3-6,9H2,1-2H3. The molecule has 1 fully saturated rings. The molecule has 0 bridgehead atoms. The number of likely N-dealkylation sites (N-methyl/N-ethyl adjacent to an activating group) is 1. The van der Waals surface area contributed by atoms with E-state index in [1.54, 1.807) is 0 Å². The minimum absolute atomic E-state index is 0.401. The Morgan fingerprint density at radius 2 is 2.56 bits per heavy atom. The molecule has 0 spiro atoms. The first-order chi connectivity index (χ1) is 7.81. The van der Waals surface area contributed by atoms with Gasteiger partial charge in [-0.3, -0.25) is 4.68 Å². The Hall–Kier alpha value is -0.870. The van der Waals surface area contributed by atoms with Crippen molar-refractivity contribution in [3.8, 4) is 0 Å². The molecule has 0 radical (unpaired) electrons. The summed E-state index contributed by atoms with van der Waals surface area (Å²) in [5.74, 6) is 0. The van der Waals surface area contributed by atoms with Gasteiger partial charge < -0.3 is 10.1 Å². The number of ether oxygens (including phenoxy) is 1. The minimum Gasteiger partial charge on any atom is -0.377 e. The Kier molecular flexibility index (Phi) is 3.96. The Balaban J connectivity index is 1.85. The summed E-state index contributed by atoms with van der Waals surface area (Å²) >= 11 is 0. The Morgan fingerprint density at radius 3 is 3.12 bits per heavy atom. The molecule has 1 aromatic heterocycles. The monoisotopic (exact) mass is 223 g/mol. The van der Waals surface area contributed by atoms with Crippen molar-refractivity contribution in [2.45, 2.75) is 37.8 Å². The van der Waals surface area contributed by atoms with Crippen molar-refractivity contribution in [1.29, 1.82) is 0 Å². The minimum atomic E-state index is 0.401. The van der Waals surface area contributed by atoms with Gasteiger partial charge in [0.15, 0.2) is 0 Å². The van der Waals surface area contributed by atoms with Crippen molar-refractivity contribution in [3.63, 3.8) is 0 Å². The van der Waals surface area contributed by atoms with Crippen LogP contribution in [-0.2, 0) is 18.2 Å². The molecule has 2 rings (SSSR count).